The van der Waals surface area contributed by atoms with Crippen LogP contribution in [-0.4, -0.2) is 34.3 Å². The van der Waals surface area contributed by atoms with Gasteiger partial charge >= 0.3 is 5.97 Å². The molecule has 0 spiro atoms. The summed E-state index contributed by atoms with van der Waals surface area (Å²) in [5.41, 5.74) is 1.38. The minimum Gasteiger partial charge on any atom is -0.452 e. The van der Waals surface area contributed by atoms with E-state index in [4.69, 9.17) is 16.3 Å². The highest BCUT2D eigenvalue weighted by Crippen LogP contribution is 2.25. The average molecular weight is 390 g/mol. The lowest BCUT2D eigenvalue weighted by molar-refractivity contribution is -0.125. The van der Waals surface area contributed by atoms with Gasteiger partial charge in [0.2, 0.25) is 0 Å². The molecule has 27 heavy (non-hydrogen) atoms. The highest BCUT2D eigenvalue weighted by atomic mass is 35.5. The molecule has 144 valence electrons. The number of benzene rings is 1. The normalized spacial score (nSPS) is 19.5. The summed E-state index contributed by atoms with van der Waals surface area (Å²) >= 11 is 6.35. The Labute approximate surface area is 163 Å². The second kappa shape index (κ2) is 8.57. The van der Waals surface area contributed by atoms with Crippen LogP contribution in [0.4, 0.5) is 0 Å². The van der Waals surface area contributed by atoms with Gasteiger partial charge in [-0.2, -0.15) is 5.10 Å². The lowest BCUT2D eigenvalue weighted by Crippen LogP contribution is -2.42. The number of para-hydroxylation sites is 1. The van der Waals surface area contributed by atoms with Gasteiger partial charge in [-0.1, -0.05) is 49.6 Å². The van der Waals surface area contributed by atoms with Crippen molar-refractivity contribution in [2.75, 3.05) is 6.61 Å². The summed E-state index contributed by atoms with van der Waals surface area (Å²) in [6, 6.07) is 9.43. The summed E-state index contributed by atoms with van der Waals surface area (Å²) in [5.74, 6) is -0.489. The summed E-state index contributed by atoms with van der Waals surface area (Å²) in [4.78, 5) is 24.6. The van der Waals surface area contributed by atoms with Crippen LogP contribution in [0.3, 0.4) is 0 Å². The molecule has 1 aromatic heterocycles. The molecule has 1 saturated carbocycles. The van der Waals surface area contributed by atoms with Crippen molar-refractivity contribution in [2.45, 2.75) is 45.6 Å². The topological polar surface area (TPSA) is 73.2 Å². The predicted molar refractivity (Wildman–Crippen MR) is 103 cm³/mol. The molecule has 7 heteroatoms. The third-order valence-electron chi connectivity index (χ3n) is 5.00. The zero-order valence-corrected chi connectivity index (χ0v) is 16.3. The quantitative estimate of drug-likeness (QED) is 0.791. The number of hydrogen-bond acceptors (Lipinski definition) is 4. The van der Waals surface area contributed by atoms with E-state index in [0.29, 0.717) is 11.6 Å². The van der Waals surface area contributed by atoms with Crippen molar-refractivity contribution in [1.29, 1.82) is 0 Å². The number of halogens is 1. The molecule has 2 aromatic rings. The van der Waals surface area contributed by atoms with Gasteiger partial charge in [-0.25, -0.2) is 9.48 Å². The molecule has 1 fully saturated rings. The summed E-state index contributed by atoms with van der Waals surface area (Å²) in [6.45, 7) is 3.50. The van der Waals surface area contributed by atoms with Crippen molar-refractivity contribution >= 4 is 23.5 Å². The third kappa shape index (κ3) is 4.50. The van der Waals surface area contributed by atoms with Gasteiger partial charge in [-0.3, -0.25) is 4.79 Å². The van der Waals surface area contributed by atoms with E-state index in [9.17, 15) is 9.59 Å². The van der Waals surface area contributed by atoms with Gasteiger partial charge in [0.1, 0.15) is 10.7 Å². The maximum atomic E-state index is 12.5. The number of carbonyl (C=O) groups excluding carboxylic acids is 2. The number of hydrogen-bond donors (Lipinski definition) is 1. The number of aromatic nitrogens is 2. The fourth-order valence-electron chi connectivity index (χ4n) is 3.45. The van der Waals surface area contributed by atoms with Crippen molar-refractivity contribution in [3.8, 4) is 5.69 Å². The van der Waals surface area contributed by atoms with Crippen LogP contribution in [0.25, 0.3) is 5.69 Å². The van der Waals surface area contributed by atoms with Crippen LogP contribution in [0.2, 0.25) is 5.15 Å². The number of carbonyl (C=O) groups is 2. The summed E-state index contributed by atoms with van der Waals surface area (Å²) in [6.07, 6.45) is 4.39. The fraction of sp³-hybridized carbons (Fsp3) is 0.450. The van der Waals surface area contributed by atoms with Crippen molar-refractivity contribution in [2.24, 2.45) is 5.92 Å². The molecule has 0 radical (unpaired) electrons. The van der Waals surface area contributed by atoms with Gasteiger partial charge in [0.05, 0.1) is 11.4 Å². The Morgan fingerprint density at radius 3 is 2.67 bits per heavy atom. The third-order valence-corrected chi connectivity index (χ3v) is 5.35. The fourth-order valence-corrected chi connectivity index (χ4v) is 3.80. The van der Waals surface area contributed by atoms with Gasteiger partial charge < -0.3 is 10.1 Å². The van der Waals surface area contributed by atoms with Crippen molar-refractivity contribution < 1.29 is 14.3 Å². The van der Waals surface area contributed by atoms with Gasteiger partial charge in [0.25, 0.3) is 5.91 Å². The Bertz CT molecular complexity index is 819. The first kappa shape index (κ1) is 19.4. The molecular weight excluding hydrogens is 366 g/mol. The predicted octanol–water partition coefficient (Wildman–Crippen LogP) is 3.69. The molecular formula is C20H24ClN3O3. The Morgan fingerprint density at radius 2 is 1.96 bits per heavy atom. The number of amides is 1. The largest absolute Gasteiger partial charge is 0.452 e. The van der Waals surface area contributed by atoms with Crippen LogP contribution < -0.4 is 5.32 Å². The zero-order chi connectivity index (χ0) is 19.4. The van der Waals surface area contributed by atoms with Crippen LogP contribution in [0, 0.1) is 12.8 Å². The molecule has 1 N–H and O–H groups in total. The van der Waals surface area contributed by atoms with Crippen LogP contribution >= 0.6 is 11.6 Å². The Morgan fingerprint density at radius 1 is 1.26 bits per heavy atom. The van der Waals surface area contributed by atoms with Crippen LogP contribution in [0.5, 0.6) is 0 Å². The maximum absolute atomic E-state index is 12.5. The van der Waals surface area contributed by atoms with E-state index < -0.39 is 5.97 Å². The van der Waals surface area contributed by atoms with Gasteiger partial charge in [-0.15, -0.1) is 0 Å². The number of nitrogens with one attached hydrogen (secondary N) is 1. The van der Waals surface area contributed by atoms with E-state index in [-0.39, 0.29) is 29.3 Å². The molecule has 6 nitrogen and oxygen atoms in total. The molecule has 1 aliphatic rings. The number of esters is 1. The molecule has 1 aromatic carbocycles. The first-order valence-electron chi connectivity index (χ1n) is 9.24. The molecule has 0 unspecified atom stereocenters. The Hall–Kier alpha value is -2.34. The number of rotatable bonds is 5. The van der Waals surface area contributed by atoms with E-state index in [1.807, 2.05) is 30.3 Å². The zero-order valence-electron chi connectivity index (χ0n) is 15.6. The molecule has 0 bridgehead atoms. The lowest BCUT2D eigenvalue weighted by Gasteiger charge is -2.29. The molecule has 1 amide bonds. The summed E-state index contributed by atoms with van der Waals surface area (Å²) in [7, 11) is 0. The molecule has 3 rings (SSSR count). The first-order chi connectivity index (χ1) is 13.0. The molecule has 1 heterocycles. The van der Waals surface area contributed by atoms with Crippen molar-refractivity contribution in [3.05, 3.63) is 46.7 Å². The molecule has 2 atom stereocenters. The number of ether oxygens (including phenoxy) is 1. The standard InChI is InChI=1S/C20H24ClN3O3/c1-13-8-6-7-11-16(13)22-17(25)12-27-20(26)18-14(2)23-24(19(18)21)15-9-4-3-5-10-15/h3-5,9-10,13,16H,6-8,11-12H2,1-2H3,(H,22,25)/t13-,16-/m0/s1. The highest BCUT2D eigenvalue weighted by Gasteiger charge is 2.25. The van der Waals surface area contributed by atoms with Crippen LogP contribution in [0.15, 0.2) is 30.3 Å². The first-order valence-corrected chi connectivity index (χ1v) is 9.62. The van der Waals surface area contributed by atoms with Gasteiger partial charge in [0, 0.05) is 6.04 Å². The van der Waals surface area contributed by atoms with Crippen molar-refractivity contribution in [3.63, 3.8) is 0 Å². The second-order valence-electron chi connectivity index (χ2n) is 7.01. The van der Waals surface area contributed by atoms with E-state index in [0.717, 1.165) is 24.9 Å². The monoisotopic (exact) mass is 389 g/mol. The van der Waals surface area contributed by atoms with Gasteiger partial charge in [-0.05, 0) is 37.8 Å². The van der Waals surface area contributed by atoms with E-state index in [2.05, 4.69) is 17.3 Å². The Balaban J connectivity index is 1.63. The molecule has 0 saturated heterocycles. The minimum atomic E-state index is -0.647. The van der Waals surface area contributed by atoms with E-state index in [1.165, 1.54) is 11.1 Å². The SMILES string of the molecule is Cc1nn(-c2ccccc2)c(Cl)c1C(=O)OCC(=O)N[C@H]1CCCC[C@@H]1C. The van der Waals surface area contributed by atoms with Crippen LogP contribution in [-0.2, 0) is 9.53 Å². The van der Waals surface area contributed by atoms with Gasteiger partial charge in [0.15, 0.2) is 6.61 Å². The van der Waals surface area contributed by atoms with Crippen molar-refractivity contribution in [1.82, 2.24) is 15.1 Å². The lowest BCUT2D eigenvalue weighted by atomic mass is 9.86. The summed E-state index contributed by atoms with van der Waals surface area (Å²) < 4.78 is 6.67. The molecule has 0 aliphatic heterocycles. The smallest absolute Gasteiger partial charge is 0.343 e. The second-order valence-corrected chi connectivity index (χ2v) is 7.37. The highest BCUT2D eigenvalue weighted by molar-refractivity contribution is 6.33. The summed E-state index contributed by atoms with van der Waals surface area (Å²) in [5, 5.41) is 7.45. The number of aryl methyl sites for hydroxylation is 1. The maximum Gasteiger partial charge on any atom is 0.343 e. The van der Waals surface area contributed by atoms with E-state index in [1.54, 1.807) is 6.92 Å². The van der Waals surface area contributed by atoms with E-state index >= 15 is 0 Å². The molecule has 1 aliphatic carbocycles. The van der Waals surface area contributed by atoms with Crippen LogP contribution in [0.1, 0.15) is 48.7 Å². The minimum absolute atomic E-state index is 0.149. The Kier molecular flexibility index (Phi) is 6.16. The number of nitrogens with zero attached hydrogens (tertiary/aromatic N) is 2. The average Bonchev–Trinajstić information content (AvgIpc) is 2.97.